The van der Waals surface area contributed by atoms with Crippen LogP contribution in [-0.4, -0.2) is 42.2 Å². The Morgan fingerprint density at radius 3 is 3.00 bits per heavy atom. The summed E-state index contributed by atoms with van der Waals surface area (Å²) in [5, 5.41) is 3.24. The van der Waals surface area contributed by atoms with Crippen molar-refractivity contribution in [2.24, 2.45) is 0 Å². The molecule has 0 bridgehead atoms. The maximum atomic E-state index is 11.3. The van der Waals surface area contributed by atoms with Gasteiger partial charge in [0.05, 0.1) is 19.5 Å². The van der Waals surface area contributed by atoms with Gasteiger partial charge in [0.15, 0.2) is 5.69 Å². The van der Waals surface area contributed by atoms with Crippen LogP contribution in [0.3, 0.4) is 0 Å². The molecule has 100 valence electrons. The van der Waals surface area contributed by atoms with E-state index in [1.54, 1.807) is 0 Å². The van der Waals surface area contributed by atoms with Gasteiger partial charge in [-0.1, -0.05) is 0 Å². The first kappa shape index (κ1) is 14.7. The molecule has 0 unspecified atom stereocenters. The van der Waals surface area contributed by atoms with Crippen molar-refractivity contribution in [1.82, 2.24) is 15.3 Å². The van der Waals surface area contributed by atoms with Crippen molar-refractivity contribution < 1.29 is 14.3 Å². The molecule has 1 fully saturated rings. The van der Waals surface area contributed by atoms with Crippen molar-refractivity contribution in [3.63, 3.8) is 0 Å². The van der Waals surface area contributed by atoms with Crippen LogP contribution < -0.4 is 10.1 Å². The summed E-state index contributed by atoms with van der Waals surface area (Å²) >= 11 is 0. The minimum Gasteiger partial charge on any atom is -0.472 e. The van der Waals surface area contributed by atoms with Crippen LogP contribution in [0.15, 0.2) is 12.4 Å². The number of nitrogens with one attached hydrogen (secondary N) is 1. The monoisotopic (exact) mass is 273 g/mol. The molecule has 1 N–H and O–H groups in total. The molecule has 0 saturated carbocycles. The molecule has 7 heteroatoms. The number of esters is 1. The molecular weight excluding hydrogens is 258 g/mol. The molecule has 2 heterocycles. The number of carbonyl (C=O) groups excluding carboxylic acids is 1. The van der Waals surface area contributed by atoms with Gasteiger partial charge in [0.2, 0.25) is 5.88 Å². The highest BCUT2D eigenvalue weighted by atomic mass is 35.5. The third-order valence-corrected chi connectivity index (χ3v) is 2.55. The zero-order valence-corrected chi connectivity index (χ0v) is 10.9. The smallest absolute Gasteiger partial charge is 0.358 e. The number of piperidine rings is 1. The highest BCUT2D eigenvalue weighted by Crippen LogP contribution is 2.12. The van der Waals surface area contributed by atoms with Crippen LogP contribution in [0, 0.1) is 0 Å². The van der Waals surface area contributed by atoms with Crippen LogP contribution in [-0.2, 0) is 4.74 Å². The quantitative estimate of drug-likeness (QED) is 0.822. The minimum absolute atomic E-state index is 0. The van der Waals surface area contributed by atoms with Crippen molar-refractivity contribution in [2.75, 3.05) is 20.2 Å². The van der Waals surface area contributed by atoms with Gasteiger partial charge in [-0.05, 0) is 19.4 Å². The molecule has 18 heavy (non-hydrogen) atoms. The highest BCUT2D eigenvalue weighted by Gasteiger charge is 2.16. The minimum atomic E-state index is -0.510. The molecule has 0 spiro atoms. The van der Waals surface area contributed by atoms with Gasteiger partial charge in [-0.3, -0.25) is 4.98 Å². The molecule has 6 nitrogen and oxygen atoms in total. The van der Waals surface area contributed by atoms with E-state index in [4.69, 9.17) is 4.74 Å². The molecule has 1 atom stereocenters. The maximum Gasteiger partial charge on any atom is 0.358 e. The predicted molar refractivity (Wildman–Crippen MR) is 67.1 cm³/mol. The fourth-order valence-electron chi connectivity index (χ4n) is 1.70. The van der Waals surface area contributed by atoms with E-state index in [0.29, 0.717) is 5.88 Å². The summed E-state index contributed by atoms with van der Waals surface area (Å²) in [6.45, 7) is 1.82. The van der Waals surface area contributed by atoms with Crippen LogP contribution >= 0.6 is 12.4 Å². The van der Waals surface area contributed by atoms with E-state index in [9.17, 15) is 4.79 Å². The number of hydrogen-bond acceptors (Lipinski definition) is 6. The van der Waals surface area contributed by atoms with Gasteiger partial charge in [0.25, 0.3) is 0 Å². The fraction of sp³-hybridized carbons (Fsp3) is 0.545. The molecule has 0 aromatic carbocycles. The Balaban J connectivity index is 0.00000162. The van der Waals surface area contributed by atoms with Crippen LogP contribution in [0.1, 0.15) is 23.3 Å². The first-order valence-electron chi connectivity index (χ1n) is 5.57. The van der Waals surface area contributed by atoms with Crippen molar-refractivity contribution in [3.05, 3.63) is 18.1 Å². The van der Waals surface area contributed by atoms with Gasteiger partial charge in [-0.15, -0.1) is 12.4 Å². The summed E-state index contributed by atoms with van der Waals surface area (Å²) < 4.78 is 10.2. The second-order valence-electron chi connectivity index (χ2n) is 3.82. The number of rotatable bonds is 3. The molecule has 1 aromatic heterocycles. The van der Waals surface area contributed by atoms with Crippen molar-refractivity contribution in [2.45, 2.75) is 18.9 Å². The van der Waals surface area contributed by atoms with Crippen LogP contribution in [0.5, 0.6) is 5.88 Å². The van der Waals surface area contributed by atoms with Gasteiger partial charge >= 0.3 is 5.97 Å². The zero-order chi connectivity index (χ0) is 12.1. The largest absolute Gasteiger partial charge is 0.472 e. The average molecular weight is 274 g/mol. The molecule has 1 aromatic rings. The number of ether oxygens (including phenoxy) is 2. The van der Waals surface area contributed by atoms with Gasteiger partial charge in [0, 0.05) is 6.54 Å². The topological polar surface area (TPSA) is 73.3 Å². The van der Waals surface area contributed by atoms with Crippen molar-refractivity contribution >= 4 is 18.4 Å². The Morgan fingerprint density at radius 2 is 2.33 bits per heavy atom. The van der Waals surface area contributed by atoms with Crippen LogP contribution in [0.2, 0.25) is 0 Å². The lowest BCUT2D eigenvalue weighted by molar-refractivity contribution is 0.0590. The molecule has 1 aliphatic heterocycles. The summed E-state index contributed by atoms with van der Waals surface area (Å²) in [7, 11) is 1.31. The Kier molecular flexibility index (Phi) is 5.80. The van der Waals surface area contributed by atoms with E-state index < -0.39 is 5.97 Å². The van der Waals surface area contributed by atoms with Crippen LogP contribution in [0.4, 0.5) is 0 Å². The Hall–Kier alpha value is -1.40. The number of halogens is 1. The lowest BCUT2D eigenvalue weighted by Crippen LogP contribution is -2.37. The third-order valence-electron chi connectivity index (χ3n) is 2.55. The van der Waals surface area contributed by atoms with Crippen LogP contribution in [0.25, 0.3) is 0 Å². The summed E-state index contributed by atoms with van der Waals surface area (Å²) in [5.41, 5.74) is 0.161. The Labute approximate surface area is 112 Å². The summed E-state index contributed by atoms with van der Waals surface area (Å²) in [6, 6.07) is 0. The number of carbonyl (C=O) groups is 1. The van der Waals surface area contributed by atoms with E-state index in [0.717, 1.165) is 25.9 Å². The normalized spacial score (nSPS) is 18.6. The van der Waals surface area contributed by atoms with E-state index in [-0.39, 0.29) is 24.2 Å². The SMILES string of the molecule is COC(=O)c1cncc(O[C@H]2CCCNC2)n1.Cl. The third kappa shape index (κ3) is 3.82. The standard InChI is InChI=1S/C11H15N3O3.ClH/c1-16-11(15)9-6-13-7-10(14-9)17-8-3-2-4-12-5-8;/h6-8,12H,2-5H2,1H3;1H/t8-;/m0./s1. The lowest BCUT2D eigenvalue weighted by atomic mass is 10.1. The molecule has 0 aliphatic carbocycles. The van der Waals surface area contributed by atoms with Crippen molar-refractivity contribution in [1.29, 1.82) is 0 Å². The lowest BCUT2D eigenvalue weighted by Gasteiger charge is -2.23. The summed E-state index contributed by atoms with van der Waals surface area (Å²) in [6.07, 6.45) is 5.01. The summed E-state index contributed by atoms with van der Waals surface area (Å²) in [5.74, 6) is -0.147. The fourth-order valence-corrected chi connectivity index (χ4v) is 1.70. The maximum absolute atomic E-state index is 11.3. The van der Waals surface area contributed by atoms with Gasteiger partial charge in [-0.2, -0.15) is 0 Å². The van der Waals surface area contributed by atoms with E-state index in [1.807, 2.05) is 0 Å². The number of methoxy groups -OCH3 is 1. The van der Waals surface area contributed by atoms with Gasteiger partial charge in [-0.25, -0.2) is 9.78 Å². The first-order valence-corrected chi connectivity index (χ1v) is 5.57. The molecule has 1 saturated heterocycles. The average Bonchev–Trinajstić information content (AvgIpc) is 2.39. The molecular formula is C11H16ClN3O3. The van der Waals surface area contributed by atoms with Gasteiger partial charge in [0.1, 0.15) is 6.10 Å². The van der Waals surface area contributed by atoms with E-state index >= 15 is 0 Å². The Morgan fingerprint density at radius 1 is 1.50 bits per heavy atom. The molecule has 1 aliphatic rings. The van der Waals surface area contributed by atoms with E-state index in [1.165, 1.54) is 19.5 Å². The number of hydrogen-bond donors (Lipinski definition) is 1. The zero-order valence-electron chi connectivity index (χ0n) is 10.1. The van der Waals surface area contributed by atoms with Crippen molar-refractivity contribution in [3.8, 4) is 5.88 Å². The number of aromatic nitrogens is 2. The van der Waals surface area contributed by atoms with E-state index in [2.05, 4.69) is 20.0 Å². The predicted octanol–water partition coefficient (Wildman–Crippen LogP) is 0.816. The second-order valence-corrected chi connectivity index (χ2v) is 3.82. The Bertz CT molecular complexity index is 397. The molecule has 0 amide bonds. The summed E-state index contributed by atoms with van der Waals surface area (Å²) in [4.78, 5) is 19.2. The first-order chi connectivity index (χ1) is 8.29. The highest BCUT2D eigenvalue weighted by molar-refractivity contribution is 5.86. The second kappa shape index (κ2) is 7.13. The molecule has 0 radical (unpaired) electrons. The van der Waals surface area contributed by atoms with Gasteiger partial charge < -0.3 is 14.8 Å². The molecule has 2 rings (SSSR count). The number of nitrogens with zero attached hydrogens (tertiary/aromatic N) is 2.